The van der Waals surface area contributed by atoms with Crippen LogP contribution in [0.4, 0.5) is 0 Å². The van der Waals surface area contributed by atoms with Gasteiger partial charge in [0, 0.05) is 83.4 Å². The number of aryl methyl sites for hydroxylation is 10. The summed E-state index contributed by atoms with van der Waals surface area (Å²) < 4.78 is 11.9. The molecule has 10 aromatic rings. The minimum Gasteiger partial charge on any atom is -0.508 e. The van der Waals surface area contributed by atoms with E-state index in [0.29, 0.717) is 71.2 Å². The van der Waals surface area contributed by atoms with Gasteiger partial charge in [-0.15, -0.1) is 0 Å². The maximum atomic E-state index is 12.3. The van der Waals surface area contributed by atoms with Gasteiger partial charge in [0.2, 0.25) is 0 Å². The molecule has 0 bridgehead atoms. The number of nitrogens with zero attached hydrogens (tertiary/aromatic N) is 5. The van der Waals surface area contributed by atoms with Crippen molar-refractivity contribution in [3.05, 3.63) is 317 Å². The predicted octanol–water partition coefficient (Wildman–Crippen LogP) is 31.5. The second-order valence-electron chi connectivity index (χ2n) is 47.3. The van der Waals surface area contributed by atoms with Crippen molar-refractivity contribution >= 4 is 91.5 Å². The molecule has 3 N–H and O–H groups in total. The molecule has 0 radical (unpaired) electrons. The van der Waals surface area contributed by atoms with E-state index < -0.39 is 11.2 Å². The molecule has 1 spiro atoms. The van der Waals surface area contributed by atoms with E-state index in [-0.39, 0.29) is 33.4 Å². The quantitative estimate of drug-likeness (QED) is 0.137. The first-order chi connectivity index (χ1) is 66.8. The van der Waals surface area contributed by atoms with Crippen molar-refractivity contribution in [3.8, 4) is 5.75 Å². The first kappa shape index (κ1) is 98.4. The summed E-state index contributed by atoms with van der Waals surface area (Å²) in [5.41, 5.74) is 27.5. The summed E-state index contributed by atoms with van der Waals surface area (Å²) in [7, 11) is 0. The van der Waals surface area contributed by atoms with Gasteiger partial charge in [-0.25, -0.2) is 0 Å². The molecule has 10 saturated carbocycles. The lowest BCUT2D eigenvalue weighted by molar-refractivity contribution is -0.129. The van der Waals surface area contributed by atoms with E-state index in [4.69, 9.17) is 4.74 Å². The van der Waals surface area contributed by atoms with Crippen LogP contribution >= 0.6 is 79.6 Å². The average molecular weight is 2180 g/mol. The molecule has 730 valence electrons. The maximum absolute atomic E-state index is 12.3. The van der Waals surface area contributed by atoms with Crippen LogP contribution in [-0.4, -0.2) is 62.8 Å². The Kier molecular flexibility index (Phi) is 27.6. The van der Waals surface area contributed by atoms with Crippen LogP contribution in [0.2, 0.25) is 0 Å². The number of halogens is 5. The lowest BCUT2D eigenvalue weighted by Gasteiger charge is -2.53. The summed E-state index contributed by atoms with van der Waals surface area (Å²) in [6.07, 6.45) is 48.9. The van der Waals surface area contributed by atoms with Crippen molar-refractivity contribution in [1.82, 2.24) is 24.9 Å². The number of ketones is 1. The van der Waals surface area contributed by atoms with Gasteiger partial charge in [-0.1, -0.05) is 141 Å². The summed E-state index contributed by atoms with van der Waals surface area (Å²) in [5.74, 6) is 11.7. The first-order valence-corrected chi connectivity index (χ1v) is 57.3. The van der Waals surface area contributed by atoms with Gasteiger partial charge < -0.3 is 20.1 Å². The molecule has 139 heavy (non-hydrogen) atoms. The Hall–Kier alpha value is -6.66. The molecule has 1 aliphatic heterocycles. The molecule has 16 aliphatic rings. The molecular formula is C124H144Br5N5O5. The number of allylic oxidation sites excluding steroid dienone is 1. The van der Waals surface area contributed by atoms with Crippen molar-refractivity contribution in [1.29, 1.82) is 0 Å². The minimum absolute atomic E-state index is 0.00662. The number of benzene rings is 5. The molecule has 5 aromatic carbocycles. The second kappa shape index (κ2) is 39.0. The van der Waals surface area contributed by atoms with E-state index >= 15 is 0 Å². The van der Waals surface area contributed by atoms with Crippen molar-refractivity contribution in [2.45, 2.75) is 327 Å². The van der Waals surface area contributed by atoms with Gasteiger partial charge in [-0.2, -0.15) is 0 Å². The molecule has 6 heterocycles. The van der Waals surface area contributed by atoms with E-state index in [2.05, 4.69) is 264 Å². The van der Waals surface area contributed by atoms with Crippen LogP contribution in [0.15, 0.2) is 211 Å². The van der Waals surface area contributed by atoms with Gasteiger partial charge in [0.25, 0.3) is 0 Å². The third kappa shape index (κ3) is 17.7. The number of hydrogen-bond acceptors (Lipinski definition) is 10. The number of hydrogen-bond donors (Lipinski definition) is 3. The molecule has 5 aromatic heterocycles. The zero-order valence-electron chi connectivity index (χ0n) is 83.5. The fraction of sp³-hybridized carbons (Fsp3) is 0.532. The highest BCUT2D eigenvalue weighted by molar-refractivity contribution is 9.11. The smallest absolute Gasteiger partial charge is 0.139 e. The van der Waals surface area contributed by atoms with Crippen LogP contribution in [0.25, 0.3) is 6.08 Å². The van der Waals surface area contributed by atoms with Gasteiger partial charge in [0.15, 0.2) is 0 Å². The van der Waals surface area contributed by atoms with Gasteiger partial charge in [0.1, 0.15) is 23.2 Å². The highest BCUT2D eigenvalue weighted by atomic mass is 79.9. The zero-order chi connectivity index (χ0) is 96.6. The van der Waals surface area contributed by atoms with E-state index in [9.17, 15) is 20.1 Å². The van der Waals surface area contributed by atoms with E-state index in [1.807, 2.05) is 92.4 Å². The Morgan fingerprint density at radius 3 is 1.16 bits per heavy atom. The molecular weight excluding hydrogens is 2040 g/mol. The molecule has 15 heteroatoms. The van der Waals surface area contributed by atoms with Gasteiger partial charge >= 0.3 is 0 Å². The minimum atomic E-state index is -0.646. The number of aromatic nitrogens is 5. The van der Waals surface area contributed by atoms with Gasteiger partial charge in [0.05, 0.1) is 39.7 Å². The Labute approximate surface area is 869 Å². The number of aliphatic hydroxyl groups is 2. The number of pyridine rings is 5. The largest absolute Gasteiger partial charge is 0.508 e. The third-order valence-corrected chi connectivity index (χ3v) is 44.6. The number of fused-ring (bicyclic) bond motifs is 26. The number of rotatable bonds is 6. The number of carbonyl (C=O) groups is 1. The van der Waals surface area contributed by atoms with Crippen molar-refractivity contribution in [2.24, 2.45) is 86.3 Å². The third-order valence-electron chi connectivity index (χ3n) is 41.0. The lowest BCUT2D eigenvalue weighted by atomic mass is 9.53. The maximum Gasteiger partial charge on any atom is 0.139 e. The molecule has 1 saturated heterocycles. The zero-order valence-corrected chi connectivity index (χ0v) is 91.5. The molecule has 10 nitrogen and oxygen atoms in total. The number of epoxide rings is 1. The fourth-order valence-corrected chi connectivity index (χ4v) is 35.4. The van der Waals surface area contributed by atoms with E-state index in [1.165, 1.54) is 155 Å². The van der Waals surface area contributed by atoms with Gasteiger partial charge in [-0.05, 0) is 540 Å². The Bertz CT molecular complexity index is 6040. The number of ether oxygens (including phenoxy) is 1. The predicted molar refractivity (Wildman–Crippen MR) is 577 cm³/mol. The summed E-state index contributed by atoms with van der Waals surface area (Å²) >= 11 is 18.0. The number of carbonyl (C=O) groups excluding carboxylic acids is 1. The first-order valence-electron chi connectivity index (χ1n) is 53.4. The van der Waals surface area contributed by atoms with E-state index in [0.717, 1.165) is 169 Å². The Balaban J connectivity index is 0.000000102. The van der Waals surface area contributed by atoms with Crippen LogP contribution in [0.5, 0.6) is 5.75 Å². The molecule has 0 unspecified atom stereocenters. The highest BCUT2D eigenvalue weighted by Gasteiger charge is 2.75. The van der Waals surface area contributed by atoms with Crippen molar-refractivity contribution in [3.63, 3.8) is 0 Å². The Morgan fingerprint density at radius 2 is 0.719 bits per heavy atom. The average Bonchev–Trinajstić information content (AvgIpc) is 1.50. The van der Waals surface area contributed by atoms with E-state index in [1.54, 1.807) is 56.3 Å². The van der Waals surface area contributed by atoms with Crippen LogP contribution in [0.1, 0.15) is 337 Å². The van der Waals surface area contributed by atoms with Crippen LogP contribution in [-0.2, 0) is 54.5 Å². The molecule has 24 atom stereocenters. The molecule has 0 amide bonds. The topological polar surface area (TPSA) is 155 Å². The van der Waals surface area contributed by atoms with Crippen molar-refractivity contribution in [2.75, 3.05) is 0 Å². The van der Waals surface area contributed by atoms with Crippen molar-refractivity contribution < 1.29 is 24.9 Å². The summed E-state index contributed by atoms with van der Waals surface area (Å²) in [6, 6.07) is 54.5. The molecule has 15 aliphatic carbocycles. The van der Waals surface area contributed by atoms with Crippen LogP contribution in [0.3, 0.4) is 0 Å². The molecule has 11 fully saturated rings. The van der Waals surface area contributed by atoms with Gasteiger partial charge in [-0.3, -0.25) is 29.7 Å². The summed E-state index contributed by atoms with van der Waals surface area (Å²) in [6.45, 7) is 22.9. The highest BCUT2D eigenvalue weighted by Crippen LogP contribution is 2.76. The summed E-state index contributed by atoms with van der Waals surface area (Å²) in [4.78, 5) is 34.7. The number of aromatic hydroxyl groups is 1. The molecule has 26 rings (SSSR count). The monoisotopic (exact) mass is 2180 g/mol. The second-order valence-corrected chi connectivity index (χ2v) is 51.6. The SMILES string of the molecule is C[C@]12CC[C@@H]3c4ccc(O)cc4CC[C@H]3[C@@H]1CCC2=O.Cc1ccc2c(c1)CC[C@@H]1[C@@H]2CC[C@@]2(C)[C@H]1CC[C@@]2(O)Cc1ncccc1Br.Cc1ccc2c(c1)CC[C@@H]1[C@@H]2CC[C@@]2(C)[C@H]1CC[C@@]21O[C@@H]1c1ncccc1Br.Cc1ccc2c(c1)CC[C@@H]1[C@@H]2CC[C@@]2(C)[C@H]1CC[C@]2(O)Cc1ncccc1Br.Cc1ccc2c(c1)CC[C@@H]1[C@@H]2CC[C@]2(C)C(=Cc3ncccc3Br)CC[C@@H]12.Cc1ncccc1Br. The lowest BCUT2D eigenvalue weighted by Crippen LogP contribution is -2.52. The van der Waals surface area contributed by atoms with Crippen LogP contribution in [0, 0.1) is 121 Å². The summed E-state index contributed by atoms with van der Waals surface area (Å²) in [5, 5.41) is 33.4. The number of Topliss-reactive ketones (excluding diaryl/α,β-unsaturated/α-hetero) is 1. The normalized spacial score (nSPS) is 35.5. The number of phenolic OH excluding ortho intramolecular Hbond substituents is 1. The fourth-order valence-electron chi connectivity index (χ4n) is 33.6. The Morgan fingerprint density at radius 1 is 0.353 bits per heavy atom. The standard InChI is InChI=1S/C25H28BrNO.2C25H30BrNO.C25H28BrN.C18H22O2.C6H6BrN/c1-15-5-7-17-16(14-15)6-8-19-18(17)9-11-24(2)20(19)10-12-25(24)23(28-25)22-21(26)4-3-13-27-22;2*1-16-5-7-18-17(14-16)6-8-20-19(18)9-11-24(2)21(20)10-12-25(24,28)15-23-22(26)4-3-13-27-23;1-16-5-8-19-17(14-16)6-9-21-20(19)11-12-25(2)18(7-10-22(21)25)15-24-23(26)4-3-13-27-24;1-18-9-8-14-13-5-3-12(19)10-11(13)2-4-15(14)16(18)6-7-17(18)20;1-5-6(7)3-2-4-8-5/h3-5,7,13-14,18-20,23H,6,8-12H2,1-2H3;2*3-5,7,13-14,19-21,28H,6,8-12,15H2,1-2H3;3-5,8,13-15,20-22H,6-7,9-12H2,1-2H3;3,5,10,14-16,19H,2,4,6-9H2,1H3;2-4H,1H3/t18-,19-,20+,23-,24+,25+;19-,20-,21+,24+,25+;19-,20-,21+,24+,25-;20-,21-,22+,25-;14-,15-,16+,18+;/m11111./s1. The number of phenols is 1. The van der Waals surface area contributed by atoms with Crippen LogP contribution < -0.4 is 0 Å².